The molecule has 4 aromatic rings. The van der Waals surface area contributed by atoms with Gasteiger partial charge in [0.25, 0.3) is 16.9 Å². The quantitative estimate of drug-likeness (QED) is 0.140. The summed E-state index contributed by atoms with van der Waals surface area (Å²) in [5.74, 6) is -0.692. The summed E-state index contributed by atoms with van der Waals surface area (Å²) in [5, 5.41) is 34.2. The van der Waals surface area contributed by atoms with E-state index in [0.717, 1.165) is 29.5 Å². The van der Waals surface area contributed by atoms with Gasteiger partial charge in [-0.2, -0.15) is 0 Å². The predicted molar refractivity (Wildman–Crippen MR) is 164 cm³/mol. The highest BCUT2D eigenvalue weighted by Crippen LogP contribution is 2.35. The molecule has 0 bridgehead atoms. The van der Waals surface area contributed by atoms with Gasteiger partial charge in [-0.25, -0.2) is 9.79 Å². The zero-order valence-corrected chi connectivity index (χ0v) is 25.2. The first-order chi connectivity index (χ1) is 21.9. The number of esters is 1. The molecule has 15 nitrogen and oxygen atoms in total. The molecule has 0 spiro atoms. The maximum Gasteiger partial charge on any atom is 0.338 e. The Balaban J connectivity index is 1.55. The molecular weight excluding hydrogens is 622 g/mol. The van der Waals surface area contributed by atoms with Crippen molar-refractivity contribution in [3.8, 4) is 11.5 Å². The summed E-state index contributed by atoms with van der Waals surface area (Å²) in [5.41, 5.74) is 0.00152. The minimum Gasteiger partial charge on any atom is -0.463 e. The molecule has 0 amide bonds. The van der Waals surface area contributed by atoms with Crippen molar-refractivity contribution >= 4 is 40.4 Å². The van der Waals surface area contributed by atoms with Gasteiger partial charge in [-0.05, 0) is 56.2 Å². The lowest BCUT2D eigenvalue weighted by molar-refractivity contribution is -0.394. The van der Waals surface area contributed by atoms with Crippen molar-refractivity contribution in [3.05, 3.63) is 139 Å². The largest absolute Gasteiger partial charge is 0.463 e. The van der Waals surface area contributed by atoms with E-state index < -0.39 is 43.7 Å². The SMILES string of the molecule is CCOC(=O)C1=C(C)N=c2s/c(=C/c3ccc(Oc4ccc([N+](=O)[O-])cc4[N+](=O)[O-])cc3)c(=O)n2[C@@H]1c1ccc(C)c([N+](=O)[O-])c1. The molecule has 0 unspecified atom stereocenters. The smallest absolute Gasteiger partial charge is 0.338 e. The molecule has 5 rings (SSSR count). The van der Waals surface area contributed by atoms with E-state index in [1.54, 1.807) is 51.1 Å². The standard InChI is InChI=1S/C30H23N5O10S/c1-4-44-29(37)26-17(3)31-30-32(27(26)19-8-5-16(2)22(14-19)34(40)41)28(36)25(46-30)13-18-6-10-21(11-7-18)45-24-12-9-20(33(38)39)15-23(24)35(42)43/h5-15,27H,4H2,1-3H3/b25-13+/t27-/m1/s1. The van der Waals surface area contributed by atoms with Crippen molar-refractivity contribution in [2.75, 3.05) is 6.61 Å². The maximum absolute atomic E-state index is 13.8. The van der Waals surface area contributed by atoms with E-state index in [-0.39, 0.29) is 38.7 Å². The van der Waals surface area contributed by atoms with Crippen molar-refractivity contribution in [1.82, 2.24) is 4.57 Å². The van der Waals surface area contributed by atoms with E-state index in [1.165, 1.54) is 22.8 Å². The Labute approximate surface area is 262 Å². The second kappa shape index (κ2) is 12.5. The lowest BCUT2D eigenvalue weighted by Gasteiger charge is -2.24. The topological polar surface area (TPSA) is 199 Å². The van der Waals surface area contributed by atoms with E-state index in [4.69, 9.17) is 9.47 Å². The zero-order chi connectivity index (χ0) is 33.3. The Morgan fingerprint density at radius 1 is 0.957 bits per heavy atom. The van der Waals surface area contributed by atoms with Crippen molar-refractivity contribution in [1.29, 1.82) is 0 Å². The first-order valence-corrected chi connectivity index (χ1v) is 14.4. The molecule has 0 aliphatic carbocycles. The summed E-state index contributed by atoms with van der Waals surface area (Å²) in [6, 6.07) is 12.7. The third-order valence-corrected chi connectivity index (χ3v) is 8.00. The molecule has 3 aromatic carbocycles. The number of allylic oxidation sites excluding steroid dienone is 1. The summed E-state index contributed by atoms with van der Waals surface area (Å²) in [4.78, 5) is 63.8. The molecule has 0 saturated heterocycles. The third-order valence-electron chi connectivity index (χ3n) is 7.02. The van der Waals surface area contributed by atoms with Crippen LogP contribution in [-0.4, -0.2) is 31.9 Å². The van der Waals surface area contributed by atoms with Crippen LogP contribution in [-0.2, 0) is 9.53 Å². The fourth-order valence-electron chi connectivity index (χ4n) is 4.86. The predicted octanol–water partition coefficient (Wildman–Crippen LogP) is 4.62. The van der Waals surface area contributed by atoms with Crippen LogP contribution >= 0.6 is 11.3 Å². The molecule has 1 aromatic heterocycles. The van der Waals surface area contributed by atoms with Crippen molar-refractivity contribution in [2.24, 2.45) is 4.99 Å². The minimum absolute atomic E-state index is 0.0675. The average Bonchev–Trinajstić information content (AvgIpc) is 3.31. The highest BCUT2D eigenvalue weighted by atomic mass is 32.1. The normalized spacial score (nSPS) is 14.3. The molecule has 0 N–H and O–H groups in total. The lowest BCUT2D eigenvalue weighted by Crippen LogP contribution is -2.40. The zero-order valence-electron chi connectivity index (χ0n) is 24.4. The number of aromatic nitrogens is 1. The number of ether oxygens (including phenoxy) is 2. The Morgan fingerprint density at radius 3 is 2.28 bits per heavy atom. The number of nitrogens with zero attached hydrogens (tertiary/aromatic N) is 5. The molecular formula is C30H23N5O10S. The van der Waals surface area contributed by atoms with Gasteiger partial charge < -0.3 is 9.47 Å². The summed E-state index contributed by atoms with van der Waals surface area (Å²) < 4.78 is 12.4. The molecule has 0 fully saturated rings. The van der Waals surface area contributed by atoms with E-state index in [0.29, 0.717) is 22.4 Å². The molecule has 1 atom stereocenters. The van der Waals surface area contributed by atoms with Gasteiger partial charge in [-0.1, -0.05) is 35.6 Å². The number of non-ortho nitro benzene ring substituents is 1. The van der Waals surface area contributed by atoms with Crippen LogP contribution < -0.4 is 19.6 Å². The van der Waals surface area contributed by atoms with Gasteiger partial charge in [0.05, 0.1) is 49.3 Å². The first kappa shape index (κ1) is 31.4. The Morgan fingerprint density at radius 2 is 1.65 bits per heavy atom. The second-order valence-corrected chi connectivity index (χ2v) is 11.0. The molecule has 0 radical (unpaired) electrons. The van der Waals surface area contributed by atoms with Crippen LogP contribution in [0.1, 0.15) is 36.6 Å². The van der Waals surface area contributed by atoms with Gasteiger partial charge in [0.1, 0.15) is 5.75 Å². The summed E-state index contributed by atoms with van der Waals surface area (Å²) >= 11 is 1.06. The van der Waals surface area contributed by atoms with Gasteiger partial charge >= 0.3 is 11.7 Å². The van der Waals surface area contributed by atoms with E-state index in [1.807, 2.05) is 0 Å². The number of hydrogen-bond donors (Lipinski definition) is 0. The number of nitro groups is 3. The van der Waals surface area contributed by atoms with Crippen molar-refractivity contribution in [3.63, 3.8) is 0 Å². The highest BCUT2D eigenvalue weighted by Gasteiger charge is 2.34. The number of carbonyl (C=O) groups is 1. The van der Waals surface area contributed by atoms with Gasteiger partial charge in [-0.15, -0.1) is 0 Å². The van der Waals surface area contributed by atoms with Crippen molar-refractivity contribution < 1.29 is 29.0 Å². The van der Waals surface area contributed by atoms with E-state index in [2.05, 4.69) is 4.99 Å². The molecule has 0 saturated carbocycles. The number of fused-ring (bicyclic) bond motifs is 1. The van der Waals surface area contributed by atoms with Gasteiger partial charge in [0.2, 0.25) is 5.75 Å². The van der Waals surface area contributed by atoms with E-state index >= 15 is 0 Å². The number of benzene rings is 3. The molecule has 1 aliphatic rings. The minimum atomic E-state index is -1.04. The highest BCUT2D eigenvalue weighted by molar-refractivity contribution is 7.07. The number of thiazole rings is 1. The van der Waals surface area contributed by atoms with Gasteiger partial charge in [-0.3, -0.25) is 39.7 Å². The Kier molecular flexibility index (Phi) is 8.55. The number of rotatable bonds is 9. The molecule has 16 heteroatoms. The molecule has 1 aliphatic heterocycles. The van der Waals surface area contributed by atoms with Crippen LogP contribution in [0.3, 0.4) is 0 Å². The van der Waals surface area contributed by atoms with E-state index in [9.17, 15) is 39.9 Å². The van der Waals surface area contributed by atoms with Crippen LogP contribution in [0, 0.1) is 37.3 Å². The molecule has 46 heavy (non-hydrogen) atoms. The number of hydrogen-bond acceptors (Lipinski definition) is 12. The monoisotopic (exact) mass is 645 g/mol. The average molecular weight is 646 g/mol. The van der Waals surface area contributed by atoms with Crippen molar-refractivity contribution in [2.45, 2.75) is 26.8 Å². The number of aryl methyl sites for hydroxylation is 1. The van der Waals surface area contributed by atoms with Crippen LogP contribution in [0.5, 0.6) is 11.5 Å². The second-order valence-electron chi connectivity index (χ2n) is 9.94. The summed E-state index contributed by atoms with van der Waals surface area (Å²) in [7, 11) is 0. The van der Waals surface area contributed by atoms with Gasteiger partial charge in [0.15, 0.2) is 4.80 Å². The number of nitro benzene ring substituents is 3. The molecule has 234 valence electrons. The van der Waals surface area contributed by atoms with Crippen LogP contribution in [0.4, 0.5) is 17.1 Å². The summed E-state index contributed by atoms with van der Waals surface area (Å²) in [6.07, 6.45) is 1.58. The number of carbonyl (C=O) groups excluding carboxylic acids is 1. The van der Waals surface area contributed by atoms with Gasteiger partial charge in [0, 0.05) is 17.7 Å². The fourth-order valence-corrected chi connectivity index (χ4v) is 5.91. The first-order valence-electron chi connectivity index (χ1n) is 13.5. The summed E-state index contributed by atoms with van der Waals surface area (Å²) in [6.45, 7) is 4.90. The Bertz CT molecular complexity index is 2150. The fraction of sp³-hybridized carbons (Fsp3) is 0.167. The molecule has 2 heterocycles. The van der Waals surface area contributed by atoms with Crippen LogP contribution in [0.15, 0.2) is 81.7 Å². The lowest BCUT2D eigenvalue weighted by atomic mass is 9.94. The maximum atomic E-state index is 13.8. The van der Waals surface area contributed by atoms with Crippen LogP contribution in [0.25, 0.3) is 6.08 Å². The third kappa shape index (κ3) is 6.00. The Hall–Kier alpha value is -6.03. The van der Waals surface area contributed by atoms with Crippen LogP contribution in [0.2, 0.25) is 0 Å².